The van der Waals surface area contributed by atoms with E-state index in [1.54, 1.807) is 15.9 Å². The number of rotatable bonds is 4. The van der Waals surface area contributed by atoms with Crippen LogP contribution in [0.25, 0.3) is 0 Å². The molecule has 0 radical (unpaired) electrons. The van der Waals surface area contributed by atoms with Crippen molar-refractivity contribution in [3.05, 3.63) is 24.3 Å². The van der Waals surface area contributed by atoms with Crippen molar-refractivity contribution in [2.24, 2.45) is 5.92 Å². The Labute approximate surface area is 183 Å². The summed E-state index contributed by atoms with van der Waals surface area (Å²) in [7, 11) is 0. The van der Waals surface area contributed by atoms with Gasteiger partial charge in [0.25, 0.3) is 5.91 Å². The largest absolute Gasteiger partial charge is 0.477 e. The molecule has 0 saturated carbocycles. The number of piperidine rings is 1. The number of benzene rings is 1. The average Bonchev–Trinajstić information content (AvgIpc) is 2.75. The van der Waals surface area contributed by atoms with Crippen molar-refractivity contribution < 1.29 is 23.9 Å². The fourth-order valence-electron chi connectivity index (χ4n) is 3.80. The average molecular weight is 432 g/mol. The molecule has 0 unspecified atom stereocenters. The number of fused-ring (bicyclic) bond motifs is 1. The molecular weight excluding hydrogens is 398 g/mol. The van der Waals surface area contributed by atoms with Gasteiger partial charge in [0.05, 0.1) is 12.2 Å². The first-order valence-corrected chi connectivity index (χ1v) is 11.0. The van der Waals surface area contributed by atoms with E-state index >= 15 is 0 Å². The van der Waals surface area contributed by atoms with E-state index in [4.69, 9.17) is 9.47 Å². The minimum atomic E-state index is -0.743. The predicted molar refractivity (Wildman–Crippen MR) is 117 cm³/mol. The molecule has 8 heteroatoms. The van der Waals surface area contributed by atoms with Crippen LogP contribution in [-0.4, -0.2) is 60.7 Å². The third-order valence-electron chi connectivity index (χ3n) is 5.38. The maximum atomic E-state index is 13.4. The molecule has 1 N–H and O–H groups in total. The Morgan fingerprint density at radius 3 is 2.48 bits per heavy atom. The molecule has 2 aliphatic rings. The molecule has 1 aromatic carbocycles. The van der Waals surface area contributed by atoms with Crippen LogP contribution in [0, 0.1) is 5.92 Å². The van der Waals surface area contributed by atoms with Crippen LogP contribution in [0.2, 0.25) is 0 Å². The second-order valence-electron chi connectivity index (χ2n) is 9.06. The third kappa shape index (κ3) is 5.68. The van der Waals surface area contributed by atoms with Crippen molar-refractivity contribution in [2.45, 2.75) is 58.7 Å². The Morgan fingerprint density at radius 1 is 1.16 bits per heavy atom. The van der Waals surface area contributed by atoms with Gasteiger partial charge in [0.15, 0.2) is 6.10 Å². The zero-order valence-corrected chi connectivity index (χ0v) is 18.8. The van der Waals surface area contributed by atoms with Crippen LogP contribution in [0.5, 0.6) is 5.75 Å². The van der Waals surface area contributed by atoms with Crippen molar-refractivity contribution in [3.63, 3.8) is 0 Å². The molecule has 31 heavy (non-hydrogen) atoms. The molecular formula is C23H33N3O5. The molecule has 3 rings (SSSR count). The van der Waals surface area contributed by atoms with Crippen LogP contribution in [0.3, 0.4) is 0 Å². The van der Waals surface area contributed by atoms with Crippen molar-refractivity contribution >= 4 is 23.6 Å². The van der Waals surface area contributed by atoms with Gasteiger partial charge in [0.1, 0.15) is 11.4 Å². The topological polar surface area (TPSA) is 88.2 Å². The molecule has 1 fully saturated rings. The number of hydrogen-bond donors (Lipinski definition) is 1. The Balaban J connectivity index is 1.68. The van der Waals surface area contributed by atoms with Crippen LogP contribution in [0.15, 0.2) is 24.3 Å². The predicted octanol–water partition coefficient (Wildman–Crippen LogP) is 2.95. The molecule has 170 valence electrons. The lowest BCUT2D eigenvalue weighted by molar-refractivity contribution is -0.129. The Hall–Kier alpha value is -2.77. The first-order valence-electron chi connectivity index (χ1n) is 11.0. The maximum absolute atomic E-state index is 13.4. The Morgan fingerprint density at radius 2 is 1.84 bits per heavy atom. The minimum absolute atomic E-state index is 0.0344. The van der Waals surface area contributed by atoms with Crippen LogP contribution >= 0.6 is 0 Å². The van der Waals surface area contributed by atoms with E-state index in [0.29, 0.717) is 43.9 Å². The van der Waals surface area contributed by atoms with Gasteiger partial charge in [-0.1, -0.05) is 19.1 Å². The van der Waals surface area contributed by atoms with Crippen LogP contribution in [0.4, 0.5) is 10.5 Å². The van der Waals surface area contributed by atoms with Crippen LogP contribution in [0.1, 0.15) is 47.0 Å². The molecule has 1 saturated heterocycles. The highest BCUT2D eigenvalue weighted by Crippen LogP contribution is 2.35. The van der Waals surface area contributed by atoms with Gasteiger partial charge in [-0.15, -0.1) is 0 Å². The van der Waals surface area contributed by atoms with Crippen molar-refractivity contribution in [1.82, 2.24) is 10.2 Å². The SMILES string of the molecule is CCCNC(=O)[C@H]1CN(C(=O)C2CCN(C(=O)OC(C)(C)C)CC2)c2ccccc2O1. The van der Waals surface area contributed by atoms with Gasteiger partial charge in [0.2, 0.25) is 5.91 Å². The number of nitrogens with zero attached hydrogens (tertiary/aromatic N) is 2. The molecule has 0 aliphatic carbocycles. The van der Waals surface area contributed by atoms with E-state index in [1.165, 1.54) is 0 Å². The Kier molecular flexibility index (Phi) is 7.08. The number of amides is 3. The van der Waals surface area contributed by atoms with Gasteiger partial charge in [-0.3, -0.25) is 9.59 Å². The molecule has 3 amide bonds. The van der Waals surface area contributed by atoms with Crippen molar-refractivity contribution in [3.8, 4) is 5.75 Å². The summed E-state index contributed by atoms with van der Waals surface area (Å²) in [5, 5.41) is 2.85. The van der Waals surface area contributed by atoms with E-state index < -0.39 is 11.7 Å². The minimum Gasteiger partial charge on any atom is -0.477 e. The molecule has 8 nitrogen and oxygen atoms in total. The summed E-state index contributed by atoms with van der Waals surface area (Å²) >= 11 is 0. The van der Waals surface area contributed by atoms with Gasteiger partial charge in [-0.25, -0.2) is 4.79 Å². The highest BCUT2D eigenvalue weighted by Gasteiger charge is 2.38. The van der Waals surface area contributed by atoms with Gasteiger partial charge < -0.3 is 24.6 Å². The van der Waals surface area contributed by atoms with Crippen LogP contribution < -0.4 is 15.0 Å². The normalized spacial score (nSPS) is 19.3. The van der Waals surface area contributed by atoms with E-state index in [0.717, 1.165) is 6.42 Å². The van der Waals surface area contributed by atoms with Gasteiger partial charge in [-0.05, 0) is 52.2 Å². The molecule has 0 bridgehead atoms. The molecule has 1 atom stereocenters. The smallest absolute Gasteiger partial charge is 0.410 e. The number of hydrogen-bond acceptors (Lipinski definition) is 5. The number of carbonyl (C=O) groups excluding carboxylic acids is 3. The second-order valence-corrected chi connectivity index (χ2v) is 9.06. The van der Waals surface area contributed by atoms with E-state index in [2.05, 4.69) is 5.32 Å². The highest BCUT2D eigenvalue weighted by atomic mass is 16.6. The number of ether oxygens (including phenoxy) is 2. The lowest BCUT2D eigenvalue weighted by atomic mass is 9.94. The first-order chi connectivity index (χ1) is 14.7. The maximum Gasteiger partial charge on any atom is 0.410 e. The summed E-state index contributed by atoms with van der Waals surface area (Å²) in [6, 6.07) is 7.29. The van der Waals surface area contributed by atoms with Gasteiger partial charge >= 0.3 is 6.09 Å². The number of carbonyl (C=O) groups is 3. The monoisotopic (exact) mass is 431 g/mol. The summed E-state index contributed by atoms with van der Waals surface area (Å²) in [6.45, 7) is 9.18. The number of nitrogens with one attached hydrogen (secondary N) is 1. The van der Waals surface area contributed by atoms with Crippen molar-refractivity contribution in [2.75, 3.05) is 31.1 Å². The molecule has 0 spiro atoms. The number of anilines is 1. The second kappa shape index (κ2) is 9.58. The molecule has 2 heterocycles. The van der Waals surface area contributed by atoms with Gasteiger partial charge in [-0.2, -0.15) is 0 Å². The van der Waals surface area contributed by atoms with Crippen LogP contribution in [-0.2, 0) is 14.3 Å². The lowest BCUT2D eigenvalue weighted by Gasteiger charge is -2.38. The summed E-state index contributed by atoms with van der Waals surface area (Å²) < 4.78 is 11.3. The molecule has 2 aliphatic heterocycles. The zero-order chi connectivity index (χ0) is 22.6. The van der Waals surface area contributed by atoms with Crippen molar-refractivity contribution in [1.29, 1.82) is 0 Å². The lowest BCUT2D eigenvalue weighted by Crippen LogP contribution is -2.53. The first kappa shape index (κ1) is 22.9. The van der Waals surface area contributed by atoms with E-state index in [9.17, 15) is 14.4 Å². The summed E-state index contributed by atoms with van der Waals surface area (Å²) in [5.41, 5.74) is 0.135. The highest BCUT2D eigenvalue weighted by molar-refractivity contribution is 5.98. The third-order valence-corrected chi connectivity index (χ3v) is 5.38. The standard InChI is InChI=1S/C23H33N3O5/c1-5-12-24-20(27)19-15-26(17-8-6-7-9-18(17)30-19)21(28)16-10-13-25(14-11-16)22(29)31-23(2,3)4/h6-9,16,19H,5,10-15H2,1-4H3,(H,24,27)/t19-/m1/s1. The molecule has 0 aromatic heterocycles. The van der Waals surface area contributed by atoms with E-state index in [1.807, 2.05) is 45.9 Å². The quantitative estimate of drug-likeness (QED) is 0.792. The zero-order valence-electron chi connectivity index (χ0n) is 18.8. The summed E-state index contributed by atoms with van der Waals surface area (Å²) in [4.78, 5) is 41.6. The van der Waals surface area contributed by atoms with Gasteiger partial charge in [0, 0.05) is 25.6 Å². The Bertz CT molecular complexity index is 812. The number of para-hydroxylation sites is 2. The fraction of sp³-hybridized carbons (Fsp3) is 0.609. The number of likely N-dealkylation sites (tertiary alicyclic amines) is 1. The summed E-state index contributed by atoms with van der Waals surface area (Å²) in [5.74, 6) is 0.0657. The molecule has 1 aromatic rings. The fourth-order valence-corrected chi connectivity index (χ4v) is 3.80. The van der Waals surface area contributed by atoms with E-state index in [-0.39, 0.29) is 30.4 Å². The summed E-state index contributed by atoms with van der Waals surface area (Å²) in [6.07, 6.45) is 0.859.